The monoisotopic (exact) mass is 1600 g/mol. The Bertz CT molecular complexity index is 5340. The summed E-state index contributed by atoms with van der Waals surface area (Å²) < 4.78 is 23.9. The smallest absolute Gasteiger partial charge is 0.258 e. The highest BCUT2D eigenvalue weighted by atomic mass is 32.1. The summed E-state index contributed by atoms with van der Waals surface area (Å²) >= 11 is 1.81. The van der Waals surface area contributed by atoms with Crippen molar-refractivity contribution in [2.75, 3.05) is 53.9 Å². The summed E-state index contributed by atoms with van der Waals surface area (Å²) in [4.78, 5) is 51.8. The van der Waals surface area contributed by atoms with Crippen molar-refractivity contribution in [2.24, 2.45) is 18.0 Å². The van der Waals surface area contributed by atoms with Gasteiger partial charge in [-0.2, -0.15) is 5.26 Å². The molecule has 0 aliphatic carbocycles. The van der Waals surface area contributed by atoms with Crippen LogP contribution in [0.2, 0.25) is 0 Å². The van der Waals surface area contributed by atoms with Crippen LogP contribution in [0.5, 0.6) is 17.2 Å². The molecule has 0 radical (unpaired) electrons. The number of ether oxygens (including phenoxy) is 3. The number of amides is 1. The van der Waals surface area contributed by atoms with Gasteiger partial charge >= 0.3 is 0 Å². The first-order valence-electron chi connectivity index (χ1n) is 40.4. The predicted molar refractivity (Wildman–Crippen MR) is 489 cm³/mol. The van der Waals surface area contributed by atoms with Gasteiger partial charge in [0.1, 0.15) is 11.6 Å². The van der Waals surface area contributed by atoms with E-state index < -0.39 is 0 Å². The van der Waals surface area contributed by atoms with Crippen molar-refractivity contribution < 1.29 is 19.0 Å². The number of anilines is 1. The van der Waals surface area contributed by atoms with Crippen molar-refractivity contribution >= 4 is 51.7 Å². The third kappa shape index (κ3) is 26.6. The number of guanidine groups is 1. The highest BCUT2D eigenvalue weighted by molar-refractivity contribution is 7.10. The van der Waals surface area contributed by atoms with E-state index in [0.717, 1.165) is 64.8 Å². The molecule has 7 aromatic carbocycles. The normalized spacial score (nSPS) is 11.6. The molecule has 0 saturated heterocycles. The molecule has 1 aliphatic heterocycles. The Morgan fingerprint density at radius 1 is 0.542 bits per heavy atom. The van der Waals surface area contributed by atoms with E-state index in [9.17, 15) is 9.59 Å². The van der Waals surface area contributed by atoms with Crippen molar-refractivity contribution in [1.29, 1.82) is 5.26 Å². The van der Waals surface area contributed by atoms with Crippen LogP contribution in [-0.2, 0) is 13.5 Å². The number of allylic oxidation sites excluding steroid dienone is 1. The zero-order valence-corrected chi connectivity index (χ0v) is 73.6. The number of aliphatic imine (C=N–C) groups is 1. The standard InChI is InChI=1S/C21H25NO3.C18H20N2O.C14H20N4.C14H15NO.C12H14N2.C10H12N2S.C10H13N/c1-14(2)15-7-9-18-16(12-15)6-5-11-22(18)21(23)17-8-10-19(24-3)20(13-17)25-4;1-12(2)14-7-10-16-17(11-14)20(3)18(19-16)13-5-8-15(21-4)9-6-13;1-11(2)12-6-8-13(9-7-12)16-14(17(3)4)18(5)10-15;1-11(2)12-3-5-13(6-4-12)15-9-7-14(16)8-10-15;1-10(2)11-3-5-12(6-4-11)14-8-7-13-9-14;1-8(2)10-5-9(6-13-10)12-4-3-11-7-12;1-9(2)3-4-10-5-7-11-8-6-10/h7-10,12-14H,5-6,11H2,1-4H3;5-12H,1-4H3;6-9,11H,1-5H3;3-11H,1-2H3;3-10H,1-2H3;3-8H,1-2H3;3-9H,1-2H3/b;;;;;;4-3+. The first-order valence-corrected chi connectivity index (χ1v) is 41.3. The van der Waals surface area contributed by atoms with E-state index in [1.807, 2.05) is 123 Å². The van der Waals surface area contributed by atoms with E-state index in [-0.39, 0.29) is 11.3 Å². The predicted octanol–water partition coefficient (Wildman–Crippen LogP) is 23.3. The quantitative estimate of drug-likeness (QED) is 0.0365. The first-order chi connectivity index (χ1) is 56.6. The Kier molecular flexibility index (Phi) is 34.9. The molecule has 1 amide bonds. The molecule has 0 spiro atoms. The van der Waals surface area contributed by atoms with Crippen molar-refractivity contribution in [3.63, 3.8) is 0 Å². The number of fused-ring (bicyclic) bond motifs is 2. The number of carbonyl (C=O) groups is 1. The summed E-state index contributed by atoms with van der Waals surface area (Å²) in [5, 5.41) is 11.1. The number of benzene rings is 7. The van der Waals surface area contributed by atoms with Crippen LogP contribution in [0.25, 0.3) is 45.6 Å². The van der Waals surface area contributed by atoms with Gasteiger partial charge in [0.05, 0.1) is 56.4 Å². The number of hydrogen-bond acceptors (Lipinski definition) is 12. The van der Waals surface area contributed by atoms with E-state index in [4.69, 9.17) is 24.5 Å². The maximum absolute atomic E-state index is 13.1. The number of aromatic nitrogens is 8. The fraction of sp³-hybridized carbons (Fsp3) is 0.313. The van der Waals surface area contributed by atoms with Crippen molar-refractivity contribution in [1.82, 2.24) is 48.0 Å². The van der Waals surface area contributed by atoms with Crippen molar-refractivity contribution in [2.45, 2.75) is 145 Å². The zero-order chi connectivity index (χ0) is 85.5. The molecule has 616 valence electrons. The fourth-order valence-corrected chi connectivity index (χ4v) is 13.4. The number of pyridine rings is 2. The largest absolute Gasteiger partial charge is 0.497 e. The van der Waals surface area contributed by atoms with Gasteiger partial charge in [0.15, 0.2) is 23.1 Å². The lowest BCUT2D eigenvalue weighted by Crippen LogP contribution is -2.35. The second-order valence-electron chi connectivity index (χ2n) is 31.1. The molecule has 0 unspecified atom stereocenters. The zero-order valence-electron chi connectivity index (χ0n) is 72.8. The van der Waals surface area contributed by atoms with Gasteiger partial charge in [0, 0.05) is 135 Å². The van der Waals surface area contributed by atoms with Gasteiger partial charge in [-0.05, 0) is 208 Å². The van der Waals surface area contributed by atoms with Gasteiger partial charge in [0.2, 0.25) is 5.96 Å². The Morgan fingerprint density at radius 2 is 1.08 bits per heavy atom. The van der Waals surface area contributed by atoms with Gasteiger partial charge in [-0.15, -0.1) is 11.3 Å². The van der Waals surface area contributed by atoms with Gasteiger partial charge in [-0.1, -0.05) is 164 Å². The molecule has 14 rings (SSSR count). The molecule has 0 bridgehead atoms. The molecule has 7 heterocycles. The molecule has 0 saturated carbocycles. The van der Waals surface area contributed by atoms with E-state index in [0.29, 0.717) is 64.4 Å². The van der Waals surface area contributed by atoms with E-state index >= 15 is 0 Å². The van der Waals surface area contributed by atoms with Crippen molar-refractivity contribution in [3.8, 4) is 51.9 Å². The van der Waals surface area contributed by atoms with E-state index in [1.165, 1.54) is 59.9 Å². The molecule has 0 N–H and O–H groups in total. The second kappa shape index (κ2) is 45.2. The molecule has 19 heteroatoms. The lowest BCUT2D eigenvalue weighted by Gasteiger charge is -2.30. The number of nitrogens with zero attached hydrogens (tertiary/aromatic N) is 13. The number of hydrogen-bond donors (Lipinski definition) is 0. The maximum Gasteiger partial charge on any atom is 0.258 e. The van der Waals surface area contributed by atoms with Crippen LogP contribution >= 0.6 is 11.3 Å². The Morgan fingerprint density at radius 3 is 1.58 bits per heavy atom. The highest BCUT2D eigenvalue weighted by Gasteiger charge is 2.25. The number of carbonyl (C=O) groups excluding carboxylic acids is 1. The number of rotatable bonds is 17. The summed E-state index contributed by atoms with van der Waals surface area (Å²) in [6.07, 6.45) is 26.7. The molecular formula is C99H119N13O5S. The highest BCUT2D eigenvalue weighted by Crippen LogP contribution is 2.35. The lowest BCUT2D eigenvalue weighted by molar-refractivity contribution is 0.0984. The van der Waals surface area contributed by atoms with Crippen LogP contribution < -0.4 is 24.5 Å². The summed E-state index contributed by atoms with van der Waals surface area (Å²) in [7, 11) is 12.4. The van der Waals surface area contributed by atoms with Gasteiger partial charge in [-0.25, -0.2) is 19.9 Å². The van der Waals surface area contributed by atoms with Crippen LogP contribution in [0.15, 0.2) is 265 Å². The van der Waals surface area contributed by atoms with Gasteiger partial charge in [0.25, 0.3) is 5.91 Å². The first kappa shape index (κ1) is 91.1. The second-order valence-corrected chi connectivity index (χ2v) is 32.1. The maximum atomic E-state index is 13.1. The summed E-state index contributed by atoms with van der Waals surface area (Å²) in [5.74, 6) is 7.54. The summed E-state index contributed by atoms with van der Waals surface area (Å²) in [5.41, 5.74) is 18.4. The summed E-state index contributed by atoms with van der Waals surface area (Å²) in [6.45, 7) is 31.4. The minimum Gasteiger partial charge on any atom is -0.497 e. The number of methoxy groups -OCH3 is 3. The Hall–Kier alpha value is -12.4. The third-order valence-electron chi connectivity index (χ3n) is 19.7. The Labute approximate surface area is 704 Å². The van der Waals surface area contributed by atoms with E-state index in [1.54, 1.807) is 95.9 Å². The topological polar surface area (TPSA) is 179 Å². The fourth-order valence-electron chi connectivity index (χ4n) is 12.5. The molecule has 0 fully saturated rings. The average Bonchev–Trinajstić information content (AvgIpc) is 1.53. The van der Waals surface area contributed by atoms with Crippen LogP contribution in [-0.4, -0.2) is 109 Å². The number of aryl methyl sites for hydroxylation is 2. The van der Waals surface area contributed by atoms with E-state index in [2.05, 4.69) is 255 Å². The van der Waals surface area contributed by atoms with Crippen LogP contribution in [0, 0.1) is 17.4 Å². The molecular weight excluding hydrogens is 1480 g/mol. The summed E-state index contributed by atoms with van der Waals surface area (Å²) in [6, 6.07) is 60.7. The molecule has 13 aromatic rings. The Balaban J connectivity index is 0.000000174. The number of imidazole rings is 3. The molecule has 118 heavy (non-hydrogen) atoms. The van der Waals surface area contributed by atoms with Gasteiger partial charge < -0.3 is 42.3 Å². The average molecular weight is 1600 g/mol. The third-order valence-corrected chi connectivity index (χ3v) is 20.9. The minimum absolute atomic E-state index is 0.000741. The van der Waals surface area contributed by atoms with Crippen LogP contribution in [0.3, 0.4) is 0 Å². The lowest BCUT2D eigenvalue weighted by atomic mass is 9.94. The minimum atomic E-state index is -0.000741. The van der Waals surface area contributed by atoms with Crippen molar-refractivity contribution in [3.05, 3.63) is 315 Å². The molecule has 0 atom stereocenters. The number of thiophene rings is 1. The molecule has 18 nitrogen and oxygen atoms in total. The van der Waals surface area contributed by atoms with Gasteiger partial charge in [-0.3, -0.25) is 19.5 Å². The van der Waals surface area contributed by atoms with Crippen LogP contribution in [0.1, 0.15) is 193 Å². The SMILES string of the molecule is CC(C)/C=C/c1ccncc1.CC(C)c1cc(-n2ccnc2)cs1.CC(C)c1ccc(-n2ccc(=O)cc2)cc1.CC(C)c1ccc(-n2ccnc2)cc1.CC(C)c1ccc(N=C(N(C)C)N(C)C#N)cc1.COc1ccc(-c2nc3ccc(C(C)C)cc3n2C)cc1.COc1ccc(C(=O)N2CCCc3cc(C(C)C)ccc32)cc1OC. The molecule has 6 aromatic heterocycles. The number of nitriles is 1. The van der Waals surface area contributed by atoms with Crippen LogP contribution in [0.4, 0.5) is 11.4 Å². The molecule has 1 aliphatic rings.